The maximum Gasteiger partial charge on any atom is 0.234 e. The van der Waals surface area contributed by atoms with Crippen molar-refractivity contribution < 1.29 is 18.7 Å². The molecule has 0 radical (unpaired) electrons. The van der Waals surface area contributed by atoms with Crippen molar-refractivity contribution in [3.05, 3.63) is 53.3 Å². The molecule has 3 aromatic rings. The Morgan fingerprint density at radius 1 is 1.17 bits per heavy atom. The Bertz CT molecular complexity index is 1260. The highest BCUT2D eigenvalue weighted by Gasteiger charge is 2.38. The third-order valence-electron chi connectivity index (χ3n) is 7.14. The molecule has 0 aliphatic carbocycles. The third-order valence-corrected chi connectivity index (χ3v) is 8.19. The molecule has 1 atom stereocenters. The standard InChI is InChI=1S/C27H31FN4O3S/c1-18-4-9-23-25(19(18)2)29-27(36-23)31(11-3-10-30-12-14-35-15-13-30)26(34)20-16-24(33)32(17-20)22-7-5-21(28)6-8-22/h4-9,20H,3,10-17H2,1-2H3. The predicted octanol–water partition coefficient (Wildman–Crippen LogP) is 4.16. The Kier molecular flexibility index (Phi) is 7.32. The zero-order chi connectivity index (χ0) is 25.2. The van der Waals surface area contributed by atoms with Gasteiger partial charge in [-0.2, -0.15) is 0 Å². The van der Waals surface area contributed by atoms with E-state index in [2.05, 4.69) is 30.9 Å². The summed E-state index contributed by atoms with van der Waals surface area (Å²) in [5.74, 6) is -1.03. The average molecular weight is 511 g/mol. The van der Waals surface area contributed by atoms with E-state index < -0.39 is 5.92 Å². The van der Waals surface area contributed by atoms with Gasteiger partial charge < -0.3 is 9.64 Å². The van der Waals surface area contributed by atoms with Crippen LogP contribution in [0.1, 0.15) is 24.0 Å². The SMILES string of the molecule is Cc1ccc2sc(N(CCCN3CCOCC3)C(=O)C3CC(=O)N(c4ccc(F)cc4)C3)nc2c1C. The summed E-state index contributed by atoms with van der Waals surface area (Å²) in [7, 11) is 0. The number of hydrogen-bond donors (Lipinski definition) is 0. The largest absolute Gasteiger partial charge is 0.379 e. The van der Waals surface area contributed by atoms with Crippen LogP contribution in [0.15, 0.2) is 36.4 Å². The number of carbonyl (C=O) groups is 2. The smallest absolute Gasteiger partial charge is 0.234 e. The Morgan fingerprint density at radius 3 is 2.67 bits per heavy atom. The van der Waals surface area contributed by atoms with Gasteiger partial charge in [0.2, 0.25) is 11.8 Å². The lowest BCUT2D eigenvalue weighted by Crippen LogP contribution is -2.41. The number of halogens is 1. The number of carbonyl (C=O) groups excluding carboxylic acids is 2. The number of anilines is 2. The van der Waals surface area contributed by atoms with Crippen LogP contribution in [0.5, 0.6) is 0 Å². The Labute approximate surface area is 214 Å². The normalized spacial score (nSPS) is 18.8. The van der Waals surface area contributed by atoms with Crippen LogP contribution in [0.25, 0.3) is 10.2 Å². The summed E-state index contributed by atoms with van der Waals surface area (Å²) in [6.07, 6.45) is 0.946. The van der Waals surface area contributed by atoms with E-state index >= 15 is 0 Å². The Balaban J connectivity index is 1.37. The van der Waals surface area contributed by atoms with Gasteiger partial charge in [-0.15, -0.1) is 0 Å². The molecular formula is C27H31FN4O3S. The second-order valence-electron chi connectivity index (χ2n) is 9.53. The zero-order valence-corrected chi connectivity index (χ0v) is 21.5. The van der Waals surface area contributed by atoms with Crippen molar-refractivity contribution >= 4 is 44.2 Å². The molecule has 0 spiro atoms. The maximum atomic E-state index is 13.9. The molecule has 7 nitrogen and oxygen atoms in total. The number of aryl methyl sites for hydroxylation is 2. The monoisotopic (exact) mass is 510 g/mol. The van der Waals surface area contributed by atoms with E-state index in [1.807, 2.05) is 0 Å². The highest BCUT2D eigenvalue weighted by Crippen LogP contribution is 2.34. The fourth-order valence-electron chi connectivity index (χ4n) is 4.87. The number of morpholine rings is 1. The molecular weight excluding hydrogens is 479 g/mol. The van der Waals surface area contributed by atoms with Gasteiger partial charge in [-0.3, -0.25) is 19.4 Å². The Hall–Kier alpha value is -2.88. The first-order valence-corrected chi connectivity index (χ1v) is 13.3. The van der Waals surface area contributed by atoms with Gasteiger partial charge in [0.05, 0.1) is 29.3 Å². The number of rotatable bonds is 7. The van der Waals surface area contributed by atoms with Crippen LogP contribution in [0.4, 0.5) is 15.2 Å². The van der Waals surface area contributed by atoms with E-state index in [0.717, 1.165) is 55.0 Å². The topological polar surface area (TPSA) is 66.0 Å². The molecule has 2 aliphatic rings. The molecule has 190 valence electrons. The molecule has 0 bridgehead atoms. The van der Waals surface area contributed by atoms with E-state index in [9.17, 15) is 14.0 Å². The number of ether oxygens (including phenoxy) is 1. The first-order valence-electron chi connectivity index (χ1n) is 12.4. The molecule has 2 aliphatic heterocycles. The molecule has 3 heterocycles. The minimum Gasteiger partial charge on any atom is -0.379 e. The van der Waals surface area contributed by atoms with Gasteiger partial charge in [-0.05, 0) is 61.7 Å². The van der Waals surface area contributed by atoms with Crippen molar-refractivity contribution in [3.63, 3.8) is 0 Å². The number of amides is 2. The Morgan fingerprint density at radius 2 is 1.92 bits per heavy atom. The van der Waals surface area contributed by atoms with E-state index in [0.29, 0.717) is 17.4 Å². The summed E-state index contributed by atoms with van der Waals surface area (Å²) in [6, 6.07) is 9.98. The van der Waals surface area contributed by atoms with Crippen molar-refractivity contribution in [1.29, 1.82) is 0 Å². The van der Waals surface area contributed by atoms with Crippen molar-refractivity contribution in [2.45, 2.75) is 26.7 Å². The lowest BCUT2D eigenvalue weighted by molar-refractivity contribution is -0.124. The zero-order valence-electron chi connectivity index (χ0n) is 20.7. The summed E-state index contributed by atoms with van der Waals surface area (Å²) in [5.41, 5.74) is 3.83. The highest BCUT2D eigenvalue weighted by atomic mass is 32.1. The number of aromatic nitrogens is 1. The molecule has 9 heteroatoms. The quantitative estimate of drug-likeness (QED) is 0.478. The van der Waals surface area contributed by atoms with Crippen molar-refractivity contribution in [2.24, 2.45) is 5.92 Å². The van der Waals surface area contributed by atoms with Crippen molar-refractivity contribution in [2.75, 3.05) is 55.7 Å². The van der Waals surface area contributed by atoms with E-state index in [4.69, 9.17) is 9.72 Å². The van der Waals surface area contributed by atoms with Gasteiger partial charge in [0, 0.05) is 44.8 Å². The number of thiazole rings is 1. The molecule has 0 saturated carbocycles. The molecule has 2 amide bonds. The van der Waals surface area contributed by atoms with Crippen LogP contribution in [0, 0.1) is 25.6 Å². The van der Waals surface area contributed by atoms with Gasteiger partial charge in [0.1, 0.15) is 5.82 Å². The molecule has 36 heavy (non-hydrogen) atoms. The maximum absolute atomic E-state index is 13.9. The molecule has 2 aromatic carbocycles. The van der Waals surface area contributed by atoms with Crippen molar-refractivity contribution in [1.82, 2.24) is 9.88 Å². The van der Waals surface area contributed by atoms with Crippen LogP contribution in [0.2, 0.25) is 0 Å². The lowest BCUT2D eigenvalue weighted by atomic mass is 10.1. The van der Waals surface area contributed by atoms with Crippen molar-refractivity contribution in [3.8, 4) is 0 Å². The van der Waals surface area contributed by atoms with Gasteiger partial charge in [-0.1, -0.05) is 17.4 Å². The molecule has 5 rings (SSSR count). The van der Waals surface area contributed by atoms with Gasteiger partial charge >= 0.3 is 0 Å². The third kappa shape index (κ3) is 5.14. The summed E-state index contributed by atoms with van der Waals surface area (Å²) in [4.78, 5) is 37.3. The number of benzene rings is 2. The lowest BCUT2D eigenvalue weighted by Gasteiger charge is -2.28. The molecule has 1 aromatic heterocycles. The second-order valence-corrected chi connectivity index (χ2v) is 10.5. The first-order chi connectivity index (χ1) is 17.4. The highest BCUT2D eigenvalue weighted by molar-refractivity contribution is 7.22. The molecule has 1 unspecified atom stereocenters. The van der Waals surface area contributed by atoms with Crippen LogP contribution < -0.4 is 9.80 Å². The van der Waals surface area contributed by atoms with E-state index in [-0.39, 0.29) is 30.6 Å². The summed E-state index contributed by atoms with van der Waals surface area (Å²) in [6.45, 7) is 9.10. The van der Waals surface area contributed by atoms with Gasteiger partial charge in [0.15, 0.2) is 5.13 Å². The summed E-state index contributed by atoms with van der Waals surface area (Å²) >= 11 is 1.52. The van der Waals surface area contributed by atoms with E-state index in [1.54, 1.807) is 21.9 Å². The fourth-order valence-corrected chi connectivity index (χ4v) is 5.93. The second kappa shape index (κ2) is 10.6. The fraction of sp³-hybridized carbons (Fsp3) is 0.444. The number of fused-ring (bicyclic) bond motifs is 1. The molecule has 2 fully saturated rings. The number of nitrogens with zero attached hydrogens (tertiary/aromatic N) is 4. The van der Waals surface area contributed by atoms with Gasteiger partial charge in [0.25, 0.3) is 0 Å². The van der Waals surface area contributed by atoms with Gasteiger partial charge in [-0.25, -0.2) is 9.37 Å². The molecule has 2 saturated heterocycles. The summed E-state index contributed by atoms with van der Waals surface area (Å²) < 4.78 is 19.9. The molecule has 0 N–H and O–H groups in total. The van der Waals surface area contributed by atoms with E-state index in [1.165, 1.54) is 29.0 Å². The number of hydrogen-bond acceptors (Lipinski definition) is 6. The van der Waals surface area contributed by atoms with Crippen LogP contribution >= 0.6 is 11.3 Å². The minimum atomic E-state index is -0.471. The van der Waals surface area contributed by atoms with Crippen LogP contribution in [0.3, 0.4) is 0 Å². The minimum absolute atomic E-state index is 0.0802. The summed E-state index contributed by atoms with van der Waals surface area (Å²) in [5, 5.41) is 0.679. The average Bonchev–Trinajstić information content (AvgIpc) is 3.49. The predicted molar refractivity (Wildman–Crippen MR) is 140 cm³/mol. The van der Waals surface area contributed by atoms with Crippen LogP contribution in [-0.4, -0.2) is 67.6 Å². The van der Waals surface area contributed by atoms with Crippen LogP contribution in [-0.2, 0) is 14.3 Å². The first kappa shape index (κ1) is 24.8.